The Morgan fingerprint density at radius 2 is 2.05 bits per heavy atom. The number of Topliss-reactive ketones (excluding diaryl/α,β-unsaturated/α-hetero) is 1. The van der Waals surface area contributed by atoms with Crippen molar-refractivity contribution >= 4 is 33.3 Å². The number of thiophene rings is 1. The zero-order valence-electron chi connectivity index (χ0n) is 11.3. The second kappa shape index (κ2) is 5.01. The molecular weight excluding hydrogens is 274 g/mol. The van der Waals surface area contributed by atoms with Gasteiger partial charge in [-0.15, -0.1) is 11.3 Å². The van der Waals surface area contributed by atoms with Gasteiger partial charge in [0.15, 0.2) is 5.78 Å². The van der Waals surface area contributed by atoms with E-state index in [1.165, 1.54) is 11.3 Å². The normalized spacial score (nSPS) is 23.1. The summed E-state index contributed by atoms with van der Waals surface area (Å²) < 4.78 is 0.534. The number of nitrogens with zero attached hydrogens (tertiary/aromatic N) is 2. The number of nitrogen functional groups attached to an aromatic ring is 1. The number of carbonyl (C=O) groups is 1. The van der Waals surface area contributed by atoms with Crippen molar-refractivity contribution in [3.63, 3.8) is 0 Å². The summed E-state index contributed by atoms with van der Waals surface area (Å²) in [6.07, 6.45) is 4.06. The van der Waals surface area contributed by atoms with Crippen LogP contribution in [0.5, 0.6) is 5.88 Å². The maximum absolute atomic E-state index is 12.6. The van der Waals surface area contributed by atoms with Crippen molar-refractivity contribution in [1.82, 2.24) is 9.97 Å². The molecule has 1 aliphatic carbocycles. The van der Waals surface area contributed by atoms with Crippen molar-refractivity contribution in [2.75, 3.05) is 5.73 Å². The summed E-state index contributed by atoms with van der Waals surface area (Å²) >= 11 is 1.29. The number of carbonyl (C=O) groups excluding carboxylic acids is 1. The van der Waals surface area contributed by atoms with Crippen LogP contribution in [-0.4, -0.2) is 20.9 Å². The third-order valence-corrected chi connectivity index (χ3v) is 5.03. The van der Waals surface area contributed by atoms with E-state index in [0.29, 0.717) is 21.7 Å². The van der Waals surface area contributed by atoms with Gasteiger partial charge < -0.3 is 10.8 Å². The second-order valence-corrected chi connectivity index (χ2v) is 6.43. The molecule has 2 heterocycles. The van der Waals surface area contributed by atoms with Crippen LogP contribution in [0.3, 0.4) is 0 Å². The Morgan fingerprint density at radius 3 is 2.75 bits per heavy atom. The van der Waals surface area contributed by atoms with E-state index < -0.39 is 0 Å². The number of rotatable bonds is 2. The van der Waals surface area contributed by atoms with Crippen LogP contribution in [0.4, 0.5) is 5.95 Å². The highest BCUT2D eigenvalue weighted by Crippen LogP contribution is 2.36. The highest BCUT2D eigenvalue weighted by molar-refractivity contribution is 7.17. The van der Waals surface area contributed by atoms with Gasteiger partial charge in [-0.1, -0.05) is 19.8 Å². The van der Waals surface area contributed by atoms with Gasteiger partial charge in [-0.25, -0.2) is 4.98 Å². The molecule has 6 heteroatoms. The molecule has 0 radical (unpaired) electrons. The predicted octanol–water partition coefficient (Wildman–Crippen LogP) is 2.99. The molecule has 2 aromatic rings. The van der Waals surface area contributed by atoms with Gasteiger partial charge in [-0.05, 0) is 18.8 Å². The lowest BCUT2D eigenvalue weighted by atomic mass is 9.79. The van der Waals surface area contributed by atoms with Crippen molar-refractivity contribution in [3.8, 4) is 5.88 Å². The summed E-state index contributed by atoms with van der Waals surface area (Å²) in [5.74, 6) is 0.761. The number of aromatic nitrogens is 2. The molecule has 1 saturated carbocycles. The first-order valence-corrected chi connectivity index (χ1v) is 7.72. The molecule has 0 spiro atoms. The van der Waals surface area contributed by atoms with Gasteiger partial charge in [0.2, 0.25) is 11.8 Å². The minimum Gasteiger partial charge on any atom is -0.492 e. The van der Waals surface area contributed by atoms with Crippen molar-refractivity contribution < 1.29 is 9.90 Å². The van der Waals surface area contributed by atoms with Gasteiger partial charge in [0, 0.05) is 11.3 Å². The molecule has 106 valence electrons. The third-order valence-electron chi connectivity index (χ3n) is 4.07. The zero-order valence-corrected chi connectivity index (χ0v) is 12.1. The van der Waals surface area contributed by atoms with Gasteiger partial charge in [-0.2, -0.15) is 4.98 Å². The molecule has 0 amide bonds. The van der Waals surface area contributed by atoms with Crippen LogP contribution in [0, 0.1) is 11.8 Å². The number of anilines is 1. The number of fused-ring (bicyclic) bond motifs is 1. The molecular formula is C14H17N3O2S. The Hall–Kier alpha value is -1.69. The molecule has 0 bridgehead atoms. The van der Waals surface area contributed by atoms with E-state index in [4.69, 9.17) is 5.73 Å². The first-order valence-electron chi connectivity index (χ1n) is 6.84. The molecule has 3 N–H and O–H groups in total. The highest BCUT2D eigenvalue weighted by atomic mass is 32.1. The molecule has 0 saturated heterocycles. The molecule has 5 nitrogen and oxygen atoms in total. The average molecular weight is 291 g/mol. The summed E-state index contributed by atoms with van der Waals surface area (Å²) in [4.78, 5) is 20.5. The lowest BCUT2D eigenvalue weighted by Crippen LogP contribution is -2.20. The summed E-state index contributed by atoms with van der Waals surface area (Å²) in [5, 5.41) is 11.5. The van der Waals surface area contributed by atoms with E-state index in [1.54, 1.807) is 5.38 Å². The fourth-order valence-electron chi connectivity index (χ4n) is 2.84. The largest absolute Gasteiger partial charge is 0.492 e. The summed E-state index contributed by atoms with van der Waals surface area (Å²) in [7, 11) is 0. The monoisotopic (exact) mass is 291 g/mol. The van der Waals surface area contributed by atoms with E-state index >= 15 is 0 Å². The van der Waals surface area contributed by atoms with Gasteiger partial charge in [0.25, 0.3) is 0 Å². The van der Waals surface area contributed by atoms with Gasteiger partial charge in [0.1, 0.15) is 10.2 Å². The Morgan fingerprint density at radius 1 is 1.35 bits per heavy atom. The van der Waals surface area contributed by atoms with Gasteiger partial charge in [-0.3, -0.25) is 4.79 Å². The first kappa shape index (κ1) is 13.3. The molecule has 20 heavy (non-hydrogen) atoms. The molecule has 0 unspecified atom stereocenters. The summed E-state index contributed by atoms with van der Waals surface area (Å²) in [6, 6.07) is 0. The van der Waals surface area contributed by atoms with Crippen LogP contribution < -0.4 is 5.73 Å². The summed E-state index contributed by atoms with van der Waals surface area (Å²) in [5.41, 5.74) is 6.63. The lowest BCUT2D eigenvalue weighted by molar-refractivity contribution is 0.0877. The van der Waals surface area contributed by atoms with E-state index in [0.717, 1.165) is 25.7 Å². The first-order chi connectivity index (χ1) is 9.56. The van der Waals surface area contributed by atoms with E-state index in [9.17, 15) is 9.90 Å². The lowest BCUT2D eigenvalue weighted by Gasteiger charge is -2.24. The van der Waals surface area contributed by atoms with Crippen LogP contribution >= 0.6 is 11.3 Å². The zero-order chi connectivity index (χ0) is 14.3. The van der Waals surface area contributed by atoms with E-state index in [-0.39, 0.29) is 23.5 Å². The average Bonchev–Trinajstić information content (AvgIpc) is 2.82. The van der Waals surface area contributed by atoms with Gasteiger partial charge >= 0.3 is 0 Å². The number of aromatic hydroxyl groups is 1. The molecule has 0 atom stereocenters. The van der Waals surface area contributed by atoms with Crippen molar-refractivity contribution in [3.05, 3.63) is 10.9 Å². The molecule has 0 aromatic carbocycles. The Kier molecular flexibility index (Phi) is 3.33. The SMILES string of the molecule is CC1CCC(C(=O)c2csc3c(O)nc(N)nc23)CC1. The molecule has 3 rings (SSSR count). The number of hydrogen-bond donors (Lipinski definition) is 2. The molecule has 1 fully saturated rings. The Balaban J connectivity index is 1.96. The van der Waals surface area contributed by atoms with Crippen molar-refractivity contribution in [2.24, 2.45) is 11.8 Å². The number of ketones is 1. The predicted molar refractivity (Wildman–Crippen MR) is 78.9 cm³/mol. The maximum Gasteiger partial charge on any atom is 0.234 e. The Labute approximate surface area is 120 Å². The number of nitrogens with two attached hydrogens (primary N) is 1. The van der Waals surface area contributed by atoms with E-state index in [1.807, 2.05) is 0 Å². The molecule has 2 aromatic heterocycles. The Bertz CT molecular complexity index is 660. The van der Waals surface area contributed by atoms with Crippen molar-refractivity contribution in [1.29, 1.82) is 0 Å². The minimum atomic E-state index is -0.145. The highest BCUT2D eigenvalue weighted by Gasteiger charge is 2.28. The fourth-order valence-corrected chi connectivity index (χ4v) is 3.72. The molecule has 0 aliphatic heterocycles. The van der Waals surface area contributed by atoms with Gasteiger partial charge in [0.05, 0.1) is 5.56 Å². The van der Waals surface area contributed by atoms with Crippen LogP contribution in [0.2, 0.25) is 0 Å². The standard InChI is InChI=1S/C14H17N3O2S/c1-7-2-4-8(5-3-7)11(18)9-6-20-12-10(9)16-14(15)17-13(12)19/h6-8H,2-5H2,1H3,(H3,15,16,17,19). The fraction of sp³-hybridized carbons (Fsp3) is 0.500. The van der Waals surface area contributed by atoms with Crippen LogP contribution in [0.15, 0.2) is 5.38 Å². The number of hydrogen-bond acceptors (Lipinski definition) is 6. The quantitative estimate of drug-likeness (QED) is 0.830. The van der Waals surface area contributed by atoms with E-state index in [2.05, 4.69) is 16.9 Å². The second-order valence-electron chi connectivity index (χ2n) is 5.55. The van der Waals surface area contributed by atoms with Crippen LogP contribution in [0.25, 0.3) is 10.2 Å². The van der Waals surface area contributed by atoms with Crippen LogP contribution in [0.1, 0.15) is 43.0 Å². The smallest absolute Gasteiger partial charge is 0.234 e. The topological polar surface area (TPSA) is 89.1 Å². The van der Waals surface area contributed by atoms with Crippen molar-refractivity contribution in [2.45, 2.75) is 32.6 Å². The van der Waals surface area contributed by atoms with Crippen LogP contribution in [-0.2, 0) is 0 Å². The minimum absolute atomic E-state index is 0.000263. The maximum atomic E-state index is 12.6. The third kappa shape index (κ3) is 2.24. The summed E-state index contributed by atoms with van der Waals surface area (Å²) in [6.45, 7) is 2.23. The molecule has 1 aliphatic rings.